The van der Waals surface area contributed by atoms with Crippen LogP contribution in [0.1, 0.15) is 38.8 Å². The minimum absolute atomic E-state index is 0.0441. The third kappa shape index (κ3) is 5.30. The smallest absolute Gasteiger partial charge is 0.246 e. The zero-order valence-electron chi connectivity index (χ0n) is 16.9. The van der Waals surface area contributed by atoms with E-state index in [1.807, 2.05) is 0 Å². The number of carbonyl (C=O) groups excluding carboxylic acids is 1. The molecule has 154 valence electrons. The fourth-order valence-electron chi connectivity index (χ4n) is 3.44. The van der Waals surface area contributed by atoms with Crippen LogP contribution in [0.25, 0.3) is 0 Å². The summed E-state index contributed by atoms with van der Waals surface area (Å²) < 4.78 is 28.8. The molecule has 0 saturated carbocycles. The molecule has 8 nitrogen and oxygen atoms in total. The Bertz CT molecular complexity index is 727. The minimum Gasteiger partial charge on any atom is -0.356 e. The number of hydrogen-bond donors (Lipinski definition) is 1. The molecule has 1 aromatic heterocycles. The molecule has 9 heteroatoms. The summed E-state index contributed by atoms with van der Waals surface area (Å²) in [6, 6.07) is 0. The number of nitrogens with zero attached hydrogens (tertiary/aromatic N) is 4. The zero-order valence-corrected chi connectivity index (χ0v) is 17.8. The van der Waals surface area contributed by atoms with Crippen LogP contribution in [0.4, 0.5) is 0 Å². The first-order chi connectivity index (χ1) is 12.8. The summed E-state index contributed by atoms with van der Waals surface area (Å²) in [5.41, 5.74) is 0.609. The third-order valence-electron chi connectivity index (χ3n) is 5.41. The van der Waals surface area contributed by atoms with Crippen molar-refractivity contribution in [1.29, 1.82) is 0 Å². The number of amides is 1. The molecule has 0 aromatic carbocycles. The second-order valence-corrected chi connectivity index (χ2v) is 9.00. The number of sulfonamides is 1. The van der Waals surface area contributed by atoms with Crippen molar-refractivity contribution >= 4 is 15.9 Å². The fraction of sp³-hybridized carbons (Fsp3) is 0.778. The third-order valence-corrected chi connectivity index (χ3v) is 7.38. The van der Waals surface area contributed by atoms with Crippen molar-refractivity contribution in [3.63, 3.8) is 0 Å². The van der Waals surface area contributed by atoms with Crippen LogP contribution in [0.3, 0.4) is 0 Å². The predicted octanol–water partition coefficient (Wildman–Crippen LogP) is 0.977. The Balaban J connectivity index is 1.91. The van der Waals surface area contributed by atoms with Gasteiger partial charge in [0.25, 0.3) is 0 Å². The molecule has 1 aliphatic heterocycles. The Labute approximate surface area is 162 Å². The second-order valence-electron chi connectivity index (χ2n) is 7.09. The molecule has 0 bridgehead atoms. The van der Waals surface area contributed by atoms with Crippen LogP contribution < -0.4 is 5.32 Å². The summed E-state index contributed by atoms with van der Waals surface area (Å²) in [6.07, 6.45) is 3.70. The summed E-state index contributed by atoms with van der Waals surface area (Å²) >= 11 is 0. The first kappa shape index (κ1) is 21.8. The van der Waals surface area contributed by atoms with Crippen LogP contribution in [0, 0.1) is 12.8 Å². The van der Waals surface area contributed by atoms with Crippen LogP contribution in [-0.4, -0.2) is 72.6 Å². The number of rotatable bonds is 9. The van der Waals surface area contributed by atoms with Gasteiger partial charge in [-0.3, -0.25) is 9.48 Å². The van der Waals surface area contributed by atoms with Gasteiger partial charge >= 0.3 is 0 Å². The van der Waals surface area contributed by atoms with E-state index >= 15 is 0 Å². The molecule has 2 rings (SSSR count). The highest BCUT2D eigenvalue weighted by Crippen LogP contribution is 2.25. The Morgan fingerprint density at radius 1 is 1.37 bits per heavy atom. The normalized spacial score (nSPS) is 18.8. The van der Waals surface area contributed by atoms with Crippen molar-refractivity contribution in [2.45, 2.75) is 44.9 Å². The molecule has 0 spiro atoms. The molecule has 1 aromatic rings. The largest absolute Gasteiger partial charge is 0.356 e. The number of piperidine rings is 1. The van der Waals surface area contributed by atoms with E-state index < -0.39 is 10.0 Å². The average molecular weight is 400 g/mol. The molecule has 1 amide bonds. The number of nitrogens with one attached hydrogen (secondary N) is 1. The molecule has 0 unspecified atom stereocenters. The van der Waals surface area contributed by atoms with E-state index in [4.69, 9.17) is 0 Å². The summed E-state index contributed by atoms with van der Waals surface area (Å²) in [4.78, 5) is 15.0. The van der Waals surface area contributed by atoms with Crippen LogP contribution in [-0.2, 0) is 21.9 Å². The molecule has 1 aliphatic rings. The minimum atomic E-state index is -3.62. The SMILES string of the molecule is CCN(CC)CCCNC(=O)[C@H]1CCCN(S(=O)(=O)c2cnn(C)c2C)C1. The van der Waals surface area contributed by atoms with Crippen LogP contribution in [0.2, 0.25) is 0 Å². The highest BCUT2D eigenvalue weighted by Gasteiger charge is 2.34. The van der Waals surface area contributed by atoms with E-state index in [1.54, 1.807) is 18.7 Å². The molecule has 1 fully saturated rings. The van der Waals surface area contributed by atoms with Gasteiger partial charge in [0.2, 0.25) is 15.9 Å². The lowest BCUT2D eigenvalue weighted by Crippen LogP contribution is -2.45. The number of carbonyl (C=O) groups is 1. The van der Waals surface area contributed by atoms with Crippen molar-refractivity contribution in [2.75, 3.05) is 39.3 Å². The molecule has 0 aliphatic carbocycles. The maximum atomic E-state index is 12.9. The van der Waals surface area contributed by atoms with Crippen molar-refractivity contribution < 1.29 is 13.2 Å². The molecule has 1 N–H and O–H groups in total. The van der Waals surface area contributed by atoms with Gasteiger partial charge in [-0.05, 0) is 45.8 Å². The summed E-state index contributed by atoms with van der Waals surface area (Å²) in [7, 11) is -1.90. The van der Waals surface area contributed by atoms with Gasteiger partial charge in [0.1, 0.15) is 4.90 Å². The molecular formula is C18H33N5O3S. The number of aromatic nitrogens is 2. The number of aryl methyl sites for hydroxylation is 1. The summed E-state index contributed by atoms with van der Waals surface area (Å²) in [5.74, 6) is -0.337. The Hall–Kier alpha value is -1.45. The maximum absolute atomic E-state index is 12.9. The van der Waals surface area contributed by atoms with Gasteiger partial charge in [0.05, 0.1) is 17.8 Å². The lowest BCUT2D eigenvalue weighted by atomic mass is 9.99. The topological polar surface area (TPSA) is 87.5 Å². The van der Waals surface area contributed by atoms with E-state index in [-0.39, 0.29) is 23.3 Å². The maximum Gasteiger partial charge on any atom is 0.246 e. The predicted molar refractivity (Wildman–Crippen MR) is 105 cm³/mol. The van der Waals surface area contributed by atoms with E-state index in [2.05, 4.69) is 29.2 Å². The Kier molecular flexibility index (Phi) is 7.81. The molecule has 0 radical (unpaired) electrons. The van der Waals surface area contributed by atoms with Gasteiger partial charge in [-0.2, -0.15) is 9.40 Å². The number of hydrogen-bond acceptors (Lipinski definition) is 5. The summed E-state index contributed by atoms with van der Waals surface area (Å²) in [5, 5.41) is 7.02. The van der Waals surface area contributed by atoms with Crippen molar-refractivity contribution in [3.8, 4) is 0 Å². The van der Waals surface area contributed by atoms with Gasteiger partial charge in [0, 0.05) is 26.7 Å². The molecular weight excluding hydrogens is 366 g/mol. The lowest BCUT2D eigenvalue weighted by molar-refractivity contribution is -0.126. The van der Waals surface area contributed by atoms with Gasteiger partial charge in [-0.1, -0.05) is 13.8 Å². The molecule has 1 atom stereocenters. The Morgan fingerprint density at radius 3 is 2.67 bits per heavy atom. The average Bonchev–Trinajstić information content (AvgIpc) is 3.01. The van der Waals surface area contributed by atoms with Crippen LogP contribution in [0.5, 0.6) is 0 Å². The van der Waals surface area contributed by atoms with Crippen molar-refractivity contribution in [2.24, 2.45) is 13.0 Å². The van der Waals surface area contributed by atoms with E-state index in [1.165, 1.54) is 10.5 Å². The quantitative estimate of drug-likeness (QED) is 0.626. The lowest BCUT2D eigenvalue weighted by Gasteiger charge is -2.31. The standard InChI is InChI=1S/C18H33N5O3S/c1-5-22(6-2)11-8-10-19-18(24)16-9-7-12-23(14-16)27(25,26)17-13-20-21(4)15(17)3/h13,16H,5-12,14H2,1-4H3,(H,19,24)/t16-/m0/s1. The highest BCUT2D eigenvalue weighted by atomic mass is 32.2. The first-order valence-corrected chi connectivity index (χ1v) is 11.2. The van der Waals surface area contributed by atoms with Crippen molar-refractivity contribution in [3.05, 3.63) is 11.9 Å². The zero-order chi connectivity index (χ0) is 20.0. The van der Waals surface area contributed by atoms with Crippen LogP contribution >= 0.6 is 0 Å². The van der Waals surface area contributed by atoms with Gasteiger partial charge in [-0.15, -0.1) is 0 Å². The van der Waals surface area contributed by atoms with E-state index in [0.717, 1.165) is 32.5 Å². The second kappa shape index (κ2) is 9.66. The highest BCUT2D eigenvalue weighted by molar-refractivity contribution is 7.89. The van der Waals surface area contributed by atoms with Gasteiger partial charge in [-0.25, -0.2) is 8.42 Å². The van der Waals surface area contributed by atoms with E-state index in [9.17, 15) is 13.2 Å². The van der Waals surface area contributed by atoms with E-state index in [0.29, 0.717) is 25.2 Å². The molecule has 27 heavy (non-hydrogen) atoms. The monoisotopic (exact) mass is 399 g/mol. The Morgan fingerprint density at radius 2 is 2.07 bits per heavy atom. The molecule has 1 saturated heterocycles. The summed E-state index contributed by atoms with van der Waals surface area (Å²) in [6.45, 7) is 10.3. The van der Waals surface area contributed by atoms with Gasteiger partial charge in [0.15, 0.2) is 0 Å². The van der Waals surface area contributed by atoms with Crippen molar-refractivity contribution in [1.82, 2.24) is 24.3 Å². The molecule has 2 heterocycles. The van der Waals surface area contributed by atoms with Gasteiger partial charge < -0.3 is 10.2 Å². The van der Waals surface area contributed by atoms with Crippen LogP contribution in [0.15, 0.2) is 11.1 Å². The fourth-order valence-corrected chi connectivity index (χ4v) is 5.15. The first-order valence-electron chi connectivity index (χ1n) is 9.80.